The van der Waals surface area contributed by atoms with E-state index in [0.29, 0.717) is 5.39 Å². The molecule has 1 aromatic carbocycles. The summed E-state index contributed by atoms with van der Waals surface area (Å²) in [5.74, 6) is -0.455. The number of aromatic hydroxyl groups is 1. The van der Waals surface area contributed by atoms with Gasteiger partial charge in [-0.05, 0) is 19.1 Å². The number of phenols is 1. The number of nitro groups is 1. The van der Waals surface area contributed by atoms with E-state index in [1.165, 1.54) is 23.0 Å². The molecule has 1 unspecified atom stereocenters. The van der Waals surface area contributed by atoms with Crippen LogP contribution in [-0.2, 0) is 6.54 Å². The summed E-state index contributed by atoms with van der Waals surface area (Å²) in [6, 6.07) is 2.25. The fourth-order valence-electron chi connectivity index (χ4n) is 1.98. The van der Waals surface area contributed by atoms with E-state index in [1.807, 2.05) is 0 Å². The topological polar surface area (TPSA) is 131 Å². The van der Waals surface area contributed by atoms with Gasteiger partial charge in [-0.15, -0.1) is 0 Å². The van der Waals surface area contributed by atoms with Gasteiger partial charge >= 0.3 is 11.8 Å². The molecule has 0 aliphatic heterocycles. The molecule has 9 nitrogen and oxygen atoms in total. The predicted octanol–water partition coefficient (Wildman–Crippen LogP) is 1.31. The van der Waals surface area contributed by atoms with Crippen LogP contribution in [0, 0.1) is 10.1 Å². The van der Waals surface area contributed by atoms with Gasteiger partial charge < -0.3 is 15.5 Å². The third-order valence-corrected chi connectivity index (χ3v) is 2.75. The largest absolute Gasteiger partial charge is 0.502 e. The van der Waals surface area contributed by atoms with Crippen LogP contribution in [0.15, 0.2) is 18.3 Å². The van der Waals surface area contributed by atoms with E-state index in [9.17, 15) is 20.0 Å². The average molecular weight is 280 g/mol. The van der Waals surface area contributed by atoms with Gasteiger partial charge in [0.25, 0.3) is 0 Å². The van der Waals surface area contributed by atoms with Crippen LogP contribution in [0.1, 0.15) is 6.92 Å². The molecular weight excluding hydrogens is 268 g/mol. The van der Waals surface area contributed by atoms with Gasteiger partial charge in [-0.25, -0.2) is 4.79 Å². The fraction of sp³-hybridized carbons (Fsp3) is 0.273. The number of nitrogens with one attached hydrogen (secondary N) is 1. The monoisotopic (exact) mass is 280 g/mol. The average Bonchev–Trinajstić information content (AvgIpc) is 2.70. The first-order chi connectivity index (χ1) is 9.40. The SMILES string of the molecule is CC(Cn1ncc2ccc(O)c([N+](=O)[O-])c21)NC(=O)O. The van der Waals surface area contributed by atoms with Gasteiger partial charge in [-0.2, -0.15) is 5.10 Å². The lowest BCUT2D eigenvalue weighted by Crippen LogP contribution is -2.34. The lowest BCUT2D eigenvalue weighted by molar-refractivity contribution is -0.384. The Labute approximate surface area is 112 Å². The van der Waals surface area contributed by atoms with Crippen LogP contribution in [0.5, 0.6) is 5.75 Å². The molecule has 0 spiro atoms. The minimum Gasteiger partial charge on any atom is -0.502 e. The highest BCUT2D eigenvalue weighted by Crippen LogP contribution is 2.34. The number of phenolic OH excluding ortho intramolecular Hbond substituents is 1. The Balaban J connectivity index is 2.47. The molecule has 1 amide bonds. The van der Waals surface area contributed by atoms with Crippen LogP contribution in [0.3, 0.4) is 0 Å². The quantitative estimate of drug-likeness (QED) is 0.571. The van der Waals surface area contributed by atoms with Gasteiger partial charge in [0.2, 0.25) is 0 Å². The molecular formula is C11H12N4O5. The molecule has 1 heterocycles. The summed E-state index contributed by atoms with van der Waals surface area (Å²) >= 11 is 0. The molecule has 0 bridgehead atoms. The number of aromatic nitrogens is 2. The zero-order valence-corrected chi connectivity index (χ0v) is 10.5. The first kappa shape index (κ1) is 13.6. The van der Waals surface area contributed by atoms with E-state index in [0.717, 1.165) is 0 Å². The summed E-state index contributed by atoms with van der Waals surface area (Å²) < 4.78 is 1.30. The zero-order valence-electron chi connectivity index (χ0n) is 10.5. The fourth-order valence-corrected chi connectivity index (χ4v) is 1.98. The molecule has 3 N–H and O–H groups in total. The molecule has 2 aromatic rings. The minimum atomic E-state index is -1.19. The number of amides is 1. The summed E-state index contributed by atoms with van der Waals surface area (Å²) in [6.45, 7) is 1.72. The van der Waals surface area contributed by atoms with Crippen molar-refractivity contribution in [3.8, 4) is 5.75 Å². The molecule has 9 heteroatoms. The highest BCUT2D eigenvalue weighted by molar-refractivity contribution is 5.90. The van der Waals surface area contributed by atoms with Gasteiger partial charge in [-0.3, -0.25) is 14.8 Å². The van der Waals surface area contributed by atoms with Crippen LogP contribution in [0.2, 0.25) is 0 Å². The van der Waals surface area contributed by atoms with Crippen molar-refractivity contribution in [2.75, 3.05) is 0 Å². The Morgan fingerprint density at radius 1 is 1.60 bits per heavy atom. The summed E-state index contributed by atoms with van der Waals surface area (Å²) in [4.78, 5) is 20.9. The van der Waals surface area contributed by atoms with Crippen molar-refractivity contribution in [2.45, 2.75) is 19.5 Å². The van der Waals surface area contributed by atoms with E-state index < -0.39 is 28.5 Å². The maximum Gasteiger partial charge on any atom is 0.404 e. The predicted molar refractivity (Wildman–Crippen MR) is 68.7 cm³/mol. The van der Waals surface area contributed by atoms with Crippen molar-refractivity contribution in [3.63, 3.8) is 0 Å². The van der Waals surface area contributed by atoms with Gasteiger partial charge in [0.05, 0.1) is 17.7 Å². The third-order valence-electron chi connectivity index (χ3n) is 2.75. The van der Waals surface area contributed by atoms with Crippen molar-refractivity contribution in [2.24, 2.45) is 0 Å². The van der Waals surface area contributed by atoms with Crippen LogP contribution in [0.25, 0.3) is 10.9 Å². The van der Waals surface area contributed by atoms with Crippen LogP contribution >= 0.6 is 0 Å². The molecule has 0 saturated carbocycles. The molecule has 1 atom stereocenters. The molecule has 0 saturated heterocycles. The smallest absolute Gasteiger partial charge is 0.404 e. The Morgan fingerprint density at radius 2 is 2.30 bits per heavy atom. The number of hydrogen-bond acceptors (Lipinski definition) is 5. The molecule has 106 valence electrons. The van der Waals surface area contributed by atoms with Gasteiger partial charge in [0, 0.05) is 11.4 Å². The highest BCUT2D eigenvalue weighted by atomic mass is 16.6. The molecule has 2 rings (SSSR count). The zero-order chi connectivity index (χ0) is 14.9. The first-order valence-corrected chi connectivity index (χ1v) is 5.71. The summed E-state index contributed by atoms with van der Waals surface area (Å²) in [5, 5.41) is 36.0. The molecule has 1 aromatic heterocycles. The summed E-state index contributed by atoms with van der Waals surface area (Å²) in [5.41, 5.74) is -0.281. The van der Waals surface area contributed by atoms with Crippen molar-refractivity contribution >= 4 is 22.7 Å². The minimum absolute atomic E-state index is 0.111. The Bertz CT molecular complexity index is 681. The van der Waals surface area contributed by atoms with Crippen LogP contribution in [0.4, 0.5) is 10.5 Å². The third kappa shape index (κ3) is 2.46. The van der Waals surface area contributed by atoms with E-state index >= 15 is 0 Å². The number of fused-ring (bicyclic) bond motifs is 1. The van der Waals surface area contributed by atoms with Gasteiger partial charge in [-0.1, -0.05) is 0 Å². The summed E-state index contributed by atoms with van der Waals surface area (Å²) in [6.07, 6.45) is 0.237. The van der Waals surface area contributed by atoms with Crippen molar-refractivity contribution in [1.29, 1.82) is 0 Å². The highest BCUT2D eigenvalue weighted by Gasteiger charge is 2.23. The second-order valence-corrected chi connectivity index (χ2v) is 4.31. The van der Waals surface area contributed by atoms with Crippen molar-refractivity contribution in [1.82, 2.24) is 15.1 Å². The normalized spacial score (nSPS) is 12.2. The second-order valence-electron chi connectivity index (χ2n) is 4.31. The number of hydrogen-bond donors (Lipinski definition) is 3. The second kappa shape index (κ2) is 5.03. The number of benzene rings is 1. The lowest BCUT2D eigenvalue weighted by atomic mass is 10.2. The van der Waals surface area contributed by atoms with Crippen molar-refractivity contribution < 1.29 is 19.9 Å². The molecule has 0 aliphatic rings. The van der Waals surface area contributed by atoms with E-state index in [1.54, 1.807) is 6.92 Å². The Hall–Kier alpha value is -2.84. The molecule has 0 aliphatic carbocycles. The number of rotatable bonds is 4. The number of carbonyl (C=O) groups is 1. The molecule has 0 radical (unpaired) electrons. The van der Waals surface area contributed by atoms with Crippen LogP contribution in [-0.4, -0.2) is 37.1 Å². The van der Waals surface area contributed by atoms with Crippen molar-refractivity contribution in [3.05, 3.63) is 28.4 Å². The number of carboxylic acid groups (broad SMARTS) is 1. The molecule has 20 heavy (non-hydrogen) atoms. The van der Waals surface area contributed by atoms with Crippen LogP contribution < -0.4 is 5.32 Å². The summed E-state index contributed by atoms with van der Waals surface area (Å²) in [7, 11) is 0. The van der Waals surface area contributed by atoms with E-state index in [-0.39, 0.29) is 12.1 Å². The number of nitrogens with zero attached hydrogens (tertiary/aromatic N) is 3. The Morgan fingerprint density at radius 3 is 2.90 bits per heavy atom. The molecule has 0 fully saturated rings. The maximum atomic E-state index is 11.0. The maximum absolute atomic E-state index is 11.0. The first-order valence-electron chi connectivity index (χ1n) is 5.71. The van der Waals surface area contributed by atoms with E-state index in [4.69, 9.17) is 5.11 Å². The van der Waals surface area contributed by atoms with Gasteiger partial charge in [0.1, 0.15) is 5.52 Å². The lowest BCUT2D eigenvalue weighted by Gasteiger charge is -2.12. The standard InChI is InChI=1S/C11H12N4O5/c1-6(13-11(17)18)5-14-9-7(4-12-14)2-3-8(16)10(9)15(19)20/h2-4,6,13,16H,5H2,1H3,(H,17,18). The van der Waals surface area contributed by atoms with E-state index in [2.05, 4.69) is 10.4 Å². The van der Waals surface area contributed by atoms with Gasteiger partial charge in [0.15, 0.2) is 5.75 Å². The Kier molecular flexibility index (Phi) is 3.42. The number of nitro benzene ring substituents is 1.